The van der Waals surface area contributed by atoms with Gasteiger partial charge in [0.25, 0.3) is 0 Å². The molecular formula is C35H60N2O9. The molecule has 0 aromatic heterocycles. The minimum Gasteiger partial charge on any atom is -0.460 e. The molecule has 2 heterocycles. The Morgan fingerprint density at radius 1 is 0.783 bits per heavy atom. The van der Waals surface area contributed by atoms with Gasteiger partial charge in [0.1, 0.15) is 29.7 Å². The predicted octanol–water partition coefficient (Wildman–Crippen LogP) is 6.95. The highest BCUT2D eigenvalue weighted by atomic mass is 16.6. The zero-order chi connectivity index (χ0) is 35.1. The molecule has 0 aromatic rings. The lowest BCUT2D eigenvalue weighted by Crippen LogP contribution is -2.46. The second-order valence-electron chi connectivity index (χ2n) is 14.9. The summed E-state index contributed by atoms with van der Waals surface area (Å²) in [6.07, 6.45) is 8.34. The molecule has 0 bridgehead atoms. The van der Waals surface area contributed by atoms with Gasteiger partial charge in [-0.25, -0.2) is 9.59 Å². The fourth-order valence-electron chi connectivity index (χ4n) is 5.30. The number of aldehydes is 1. The average Bonchev–Trinajstić information content (AvgIpc) is 3.53. The summed E-state index contributed by atoms with van der Waals surface area (Å²) < 4.78 is 21.3. The van der Waals surface area contributed by atoms with E-state index in [0.29, 0.717) is 44.4 Å². The quantitative estimate of drug-likeness (QED) is 0.0881. The largest absolute Gasteiger partial charge is 0.460 e. The van der Waals surface area contributed by atoms with E-state index in [0.717, 1.165) is 32.0 Å². The van der Waals surface area contributed by atoms with E-state index in [1.165, 1.54) is 5.57 Å². The van der Waals surface area contributed by atoms with Gasteiger partial charge in [0, 0.05) is 19.3 Å². The molecule has 2 fully saturated rings. The van der Waals surface area contributed by atoms with Crippen molar-refractivity contribution >= 4 is 30.4 Å². The normalized spacial score (nSPS) is 20.5. The molecule has 2 saturated heterocycles. The van der Waals surface area contributed by atoms with Gasteiger partial charge in [-0.2, -0.15) is 0 Å². The van der Waals surface area contributed by atoms with Gasteiger partial charge in [0.05, 0.1) is 12.1 Å². The molecule has 0 aromatic carbocycles. The van der Waals surface area contributed by atoms with E-state index in [1.807, 2.05) is 27.7 Å². The Morgan fingerprint density at radius 2 is 1.17 bits per heavy atom. The summed E-state index contributed by atoms with van der Waals surface area (Å²) in [6.45, 7) is 19.3. The maximum atomic E-state index is 12.1. The Labute approximate surface area is 276 Å². The molecule has 2 N–H and O–H groups in total. The number of carbonyl (C=O) groups is 5. The highest BCUT2D eigenvalue weighted by Crippen LogP contribution is 2.25. The first-order valence-corrected chi connectivity index (χ1v) is 16.7. The number of cyclic esters (lactones) is 2. The zero-order valence-electron chi connectivity index (χ0n) is 29.9. The van der Waals surface area contributed by atoms with Gasteiger partial charge in [-0.15, -0.1) is 0 Å². The highest BCUT2D eigenvalue weighted by Gasteiger charge is 2.35. The molecule has 2 aliphatic rings. The van der Waals surface area contributed by atoms with Gasteiger partial charge in [0.2, 0.25) is 0 Å². The van der Waals surface area contributed by atoms with Gasteiger partial charge in [-0.1, -0.05) is 25.5 Å². The smallest absolute Gasteiger partial charge is 0.408 e. The van der Waals surface area contributed by atoms with Crippen LogP contribution >= 0.6 is 0 Å². The molecule has 0 spiro atoms. The van der Waals surface area contributed by atoms with Gasteiger partial charge < -0.3 is 34.4 Å². The van der Waals surface area contributed by atoms with E-state index >= 15 is 0 Å². The number of hydrogen-bond donors (Lipinski definition) is 2. The maximum Gasteiger partial charge on any atom is 0.408 e. The van der Waals surface area contributed by atoms with Crippen molar-refractivity contribution in [2.24, 2.45) is 11.8 Å². The number of rotatable bonds is 14. The van der Waals surface area contributed by atoms with E-state index in [-0.39, 0.29) is 42.1 Å². The fraction of sp³-hybridized carbons (Fsp3) is 0.800. The maximum absolute atomic E-state index is 12.1. The van der Waals surface area contributed by atoms with E-state index in [1.54, 1.807) is 20.8 Å². The lowest BCUT2D eigenvalue weighted by Gasteiger charge is -2.28. The number of ether oxygens (including phenoxy) is 4. The van der Waals surface area contributed by atoms with Crippen LogP contribution in [0.3, 0.4) is 0 Å². The first-order chi connectivity index (χ1) is 21.3. The van der Waals surface area contributed by atoms with Crippen LogP contribution in [0.25, 0.3) is 0 Å². The average molecular weight is 653 g/mol. The Morgan fingerprint density at radius 3 is 1.48 bits per heavy atom. The van der Waals surface area contributed by atoms with Crippen LogP contribution in [-0.4, -0.2) is 65.9 Å². The lowest BCUT2D eigenvalue weighted by molar-refractivity contribution is -0.143. The first kappa shape index (κ1) is 40.9. The van der Waals surface area contributed by atoms with Crippen LogP contribution in [0.2, 0.25) is 0 Å². The minimum absolute atomic E-state index is 0.187. The summed E-state index contributed by atoms with van der Waals surface area (Å²) in [5.74, 6) is 0.235. The van der Waals surface area contributed by atoms with Gasteiger partial charge in [-0.05, 0) is 112 Å². The van der Waals surface area contributed by atoms with Crippen LogP contribution in [0.15, 0.2) is 11.6 Å². The first-order valence-electron chi connectivity index (χ1n) is 16.7. The predicted molar refractivity (Wildman–Crippen MR) is 176 cm³/mol. The molecule has 0 aliphatic carbocycles. The van der Waals surface area contributed by atoms with E-state index < -0.39 is 23.4 Å². The van der Waals surface area contributed by atoms with Crippen molar-refractivity contribution in [1.82, 2.24) is 10.6 Å². The molecule has 2 amide bonds. The van der Waals surface area contributed by atoms with Crippen LogP contribution in [0.4, 0.5) is 9.59 Å². The molecule has 46 heavy (non-hydrogen) atoms. The van der Waals surface area contributed by atoms with Crippen molar-refractivity contribution in [3.63, 3.8) is 0 Å². The molecule has 4 unspecified atom stereocenters. The number of hydrogen-bond acceptors (Lipinski definition) is 9. The van der Waals surface area contributed by atoms with Crippen LogP contribution in [0.1, 0.15) is 133 Å². The standard InChI is InChI=1S/C19H33NO4.C16H27NO5/c1-13(2)8-7-9-14(3)12-15(16-10-11-17(21)23-16)20-18(22)24-19(4,5)6;1-11(6-5-9-18)10-12(13-7-8-14(19)21-13)17-15(20)22-16(2,3)4/h8,14-16H,7,9-12H2,1-6H3,(H,20,22);9,11-13H,5-8,10H2,1-4H3,(H,17,20)/t14?,15-,16?;11?,12-,13?/m11/s1. The topological polar surface area (TPSA) is 146 Å². The Hall–Kier alpha value is -3.11. The lowest BCUT2D eigenvalue weighted by atomic mass is 9.93. The number of amides is 2. The number of allylic oxidation sites excluding steroid dienone is 2. The summed E-state index contributed by atoms with van der Waals surface area (Å²) in [4.78, 5) is 57.3. The number of carbonyl (C=O) groups excluding carboxylic acids is 5. The molecular weight excluding hydrogens is 592 g/mol. The van der Waals surface area contributed by atoms with Crippen molar-refractivity contribution in [2.75, 3.05) is 0 Å². The third kappa shape index (κ3) is 18.8. The summed E-state index contributed by atoms with van der Waals surface area (Å²) in [7, 11) is 0. The van der Waals surface area contributed by atoms with Crippen molar-refractivity contribution < 1.29 is 42.9 Å². The van der Waals surface area contributed by atoms with Crippen LogP contribution < -0.4 is 10.6 Å². The Kier molecular flexibility index (Phi) is 17.4. The second kappa shape index (κ2) is 19.5. The zero-order valence-corrected chi connectivity index (χ0v) is 29.9. The van der Waals surface area contributed by atoms with E-state index in [4.69, 9.17) is 18.9 Å². The second-order valence-corrected chi connectivity index (χ2v) is 14.9. The molecule has 264 valence electrons. The van der Waals surface area contributed by atoms with Gasteiger partial charge in [0.15, 0.2) is 0 Å². The Balaban J connectivity index is 0.000000462. The number of esters is 2. The van der Waals surface area contributed by atoms with Crippen LogP contribution in [0.5, 0.6) is 0 Å². The highest BCUT2D eigenvalue weighted by molar-refractivity contribution is 5.73. The summed E-state index contributed by atoms with van der Waals surface area (Å²) in [5.41, 5.74) is 0.190. The van der Waals surface area contributed by atoms with E-state index in [9.17, 15) is 24.0 Å². The summed E-state index contributed by atoms with van der Waals surface area (Å²) in [6, 6.07) is -0.490. The van der Waals surface area contributed by atoms with Crippen molar-refractivity contribution in [3.8, 4) is 0 Å². The summed E-state index contributed by atoms with van der Waals surface area (Å²) in [5, 5.41) is 5.73. The number of nitrogens with one attached hydrogen (secondary N) is 2. The molecule has 2 rings (SSSR count). The molecule has 2 aliphatic heterocycles. The molecule has 11 nitrogen and oxygen atoms in total. The van der Waals surface area contributed by atoms with Gasteiger partial charge in [-0.3, -0.25) is 9.59 Å². The van der Waals surface area contributed by atoms with Gasteiger partial charge >= 0.3 is 24.1 Å². The third-order valence-electron chi connectivity index (χ3n) is 7.44. The van der Waals surface area contributed by atoms with Crippen LogP contribution in [0, 0.1) is 11.8 Å². The van der Waals surface area contributed by atoms with Crippen molar-refractivity contribution in [1.29, 1.82) is 0 Å². The molecule has 11 heteroatoms. The van der Waals surface area contributed by atoms with Crippen molar-refractivity contribution in [3.05, 3.63) is 11.6 Å². The fourth-order valence-corrected chi connectivity index (χ4v) is 5.30. The molecule has 0 radical (unpaired) electrons. The van der Waals surface area contributed by atoms with E-state index in [2.05, 4.69) is 37.5 Å². The number of alkyl carbamates (subject to hydrolysis) is 2. The van der Waals surface area contributed by atoms with Crippen LogP contribution in [-0.2, 0) is 33.3 Å². The summed E-state index contributed by atoms with van der Waals surface area (Å²) >= 11 is 0. The van der Waals surface area contributed by atoms with Crippen molar-refractivity contribution in [2.45, 2.75) is 169 Å². The molecule has 0 saturated carbocycles. The molecule has 6 atom stereocenters. The third-order valence-corrected chi connectivity index (χ3v) is 7.44. The monoisotopic (exact) mass is 652 g/mol. The Bertz CT molecular complexity index is 1020. The minimum atomic E-state index is -0.579. The SMILES string of the molecule is CC(C)=CCCC(C)C[C@@H](NC(=O)OC(C)(C)C)C1CCC(=O)O1.CC(CCC=O)C[C@@H](NC(=O)OC(C)(C)C)C1CCC(=O)O1.